The summed E-state index contributed by atoms with van der Waals surface area (Å²) in [6.07, 6.45) is 1.81. The molecule has 136 valence electrons. The van der Waals surface area contributed by atoms with Crippen LogP contribution in [0.4, 0.5) is 4.39 Å². The molecule has 27 heavy (non-hydrogen) atoms. The number of halogens is 1. The fourth-order valence-corrected chi connectivity index (χ4v) is 4.07. The number of nitrogens with one attached hydrogen (secondary N) is 2. The number of nitrogens with zero attached hydrogens (tertiary/aromatic N) is 2. The van der Waals surface area contributed by atoms with Crippen molar-refractivity contribution in [2.45, 2.75) is 25.8 Å². The second kappa shape index (κ2) is 5.94. The predicted octanol–water partition coefficient (Wildman–Crippen LogP) is 4.47. The highest BCUT2D eigenvalue weighted by Crippen LogP contribution is 2.33. The molecule has 0 radical (unpaired) electrons. The van der Waals surface area contributed by atoms with E-state index in [1.54, 1.807) is 0 Å². The molecular formula is C21H19FN4O. The average Bonchev–Trinajstić information content (AvgIpc) is 3.37. The summed E-state index contributed by atoms with van der Waals surface area (Å²) in [5.74, 6) is 0.441. The number of aryl methyl sites for hydroxylation is 1. The Hall–Kier alpha value is -3.15. The monoisotopic (exact) mass is 362 g/mol. The minimum atomic E-state index is -0.304. The van der Waals surface area contributed by atoms with Gasteiger partial charge in [0.1, 0.15) is 17.3 Å². The Balaban J connectivity index is 1.51. The van der Waals surface area contributed by atoms with E-state index >= 15 is 0 Å². The lowest BCUT2D eigenvalue weighted by Gasteiger charge is -2.22. The van der Waals surface area contributed by atoms with Gasteiger partial charge in [0.15, 0.2) is 0 Å². The number of hydrogen-bond donors (Lipinski definition) is 2. The summed E-state index contributed by atoms with van der Waals surface area (Å²) in [6.45, 7) is 2.53. The Morgan fingerprint density at radius 1 is 1.19 bits per heavy atom. The summed E-state index contributed by atoms with van der Waals surface area (Å²) in [5.41, 5.74) is 3.83. The van der Waals surface area contributed by atoms with Crippen molar-refractivity contribution in [1.82, 2.24) is 19.9 Å². The van der Waals surface area contributed by atoms with E-state index in [2.05, 4.69) is 15.0 Å². The van der Waals surface area contributed by atoms with Gasteiger partial charge in [0.05, 0.1) is 17.1 Å². The molecule has 4 aromatic rings. The quantitative estimate of drug-likeness (QED) is 0.553. The highest BCUT2D eigenvalue weighted by Gasteiger charge is 2.33. The summed E-state index contributed by atoms with van der Waals surface area (Å²) in [5, 5.41) is 0.874. The van der Waals surface area contributed by atoms with E-state index < -0.39 is 0 Å². The summed E-state index contributed by atoms with van der Waals surface area (Å²) in [7, 11) is 0. The van der Waals surface area contributed by atoms with Gasteiger partial charge in [-0.05, 0) is 55.7 Å². The van der Waals surface area contributed by atoms with Crippen LogP contribution in [0, 0.1) is 12.7 Å². The van der Waals surface area contributed by atoms with Crippen LogP contribution in [0.5, 0.6) is 0 Å². The van der Waals surface area contributed by atoms with Crippen LogP contribution in [-0.4, -0.2) is 32.3 Å². The molecule has 2 N–H and O–H groups in total. The molecule has 1 aliphatic heterocycles. The van der Waals surface area contributed by atoms with Crippen LogP contribution in [0.2, 0.25) is 0 Å². The van der Waals surface area contributed by atoms with Gasteiger partial charge < -0.3 is 14.9 Å². The molecule has 1 saturated heterocycles. The van der Waals surface area contributed by atoms with E-state index in [-0.39, 0.29) is 17.8 Å². The van der Waals surface area contributed by atoms with E-state index in [0.717, 1.165) is 40.6 Å². The van der Waals surface area contributed by atoms with Gasteiger partial charge in [0.2, 0.25) is 0 Å². The number of carbonyl (C=O) groups excluding carboxylic acids is 1. The first-order chi connectivity index (χ1) is 13.1. The number of aromatic nitrogens is 3. The lowest BCUT2D eigenvalue weighted by molar-refractivity contribution is 0.0725. The lowest BCUT2D eigenvalue weighted by Crippen LogP contribution is -2.31. The first-order valence-electron chi connectivity index (χ1n) is 9.14. The van der Waals surface area contributed by atoms with Gasteiger partial charge in [0, 0.05) is 17.4 Å². The second-order valence-corrected chi connectivity index (χ2v) is 7.16. The van der Waals surface area contributed by atoms with Gasteiger partial charge in [-0.2, -0.15) is 0 Å². The zero-order valence-electron chi connectivity index (χ0n) is 14.9. The Kier molecular flexibility index (Phi) is 3.53. The van der Waals surface area contributed by atoms with Crippen LogP contribution in [-0.2, 0) is 0 Å². The number of amides is 1. The molecule has 1 fully saturated rings. The smallest absolute Gasteiger partial charge is 0.270 e. The lowest BCUT2D eigenvalue weighted by atomic mass is 10.1. The van der Waals surface area contributed by atoms with E-state index in [4.69, 9.17) is 0 Å². The Bertz CT molecular complexity index is 1140. The molecule has 5 rings (SSSR count). The second-order valence-electron chi connectivity index (χ2n) is 7.16. The summed E-state index contributed by atoms with van der Waals surface area (Å²) in [6, 6.07) is 12.5. The number of likely N-dealkylation sites (tertiary alicyclic amines) is 1. The molecule has 1 amide bonds. The molecule has 0 aliphatic carbocycles. The van der Waals surface area contributed by atoms with Gasteiger partial charge in [-0.15, -0.1) is 0 Å². The van der Waals surface area contributed by atoms with Gasteiger partial charge in [-0.3, -0.25) is 4.79 Å². The topological polar surface area (TPSA) is 64.8 Å². The van der Waals surface area contributed by atoms with Crippen molar-refractivity contribution in [2.24, 2.45) is 0 Å². The molecule has 2 aromatic heterocycles. The van der Waals surface area contributed by atoms with Crippen molar-refractivity contribution in [2.75, 3.05) is 6.54 Å². The van der Waals surface area contributed by atoms with Crippen molar-refractivity contribution in [3.63, 3.8) is 0 Å². The van der Waals surface area contributed by atoms with Gasteiger partial charge in [-0.1, -0.05) is 12.1 Å². The van der Waals surface area contributed by atoms with Crippen LogP contribution in [0.15, 0.2) is 42.5 Å². The van der Waals surface area contributed by atoms with Crippen molar-refractivity contribution >= 4 is 27.8 Å². The molecule has 5 nitrogen and oxygen atoms in total. The fourth-order valence-electron chi connectivity index (χ4n) is 4.07. The van der Waals surface area contributed by atoms with Crippen LogP contribution in [0.1, 0.15) is 40.8 Å². The number of fused-ring (bicyclic) bond motifs is 2. The largest absolute Gasteiger partial charge is 0.350 e. The van der Waals surface area contributed by atoms with Crippen LogP contribution in [0.25, 0.3) is 21.9 Å². The Labute approximate surface area is 155 Å². The first-order valence-corrected chi connectivity index (χ1v) is 9.14. The fraction of sp³-hybridized carbons (Fsp3) is 0.238. The average molecular weight is 362 g/mol. The van der Waals surface area contributed by atoms with Crippen LogP contribution in [0.3, 0.4) is 0 Å². The summed E-state index contributed by atoms with van der Waals surface area (Å²) < 4.78 is 13.7. The van der Waals surface area contributed by atoms with Gasteiger partial charge >= 0.3 is 0 Å². The SMILES string of the molecule is Cc1cc(F)cc2[nH]c(C(=O)N3CCCC3c3nc4ccccc4[nH]3)cc12. The molecule has 6 heteroatoms. The van der Waals surface area contributed by atoms with Crippen molar-refractivity contribution in [3.8, 4) is 0 Å². The minimum Gasteiger partial charge on any atom is -0.350 e. The normalized spacial score (nSPS) is 17.3. The number of carbonyl (C=O) groups is 1. The zero-order valence-corrected chi connectivity index (χ0v) is 14.9. The minimum absolute atomic E-state index is 0.0749. The third-order valence-electron chi connectivity index (χ3n) is 5.38. The standard InChI is InChI=1S/C21H19FN4O/c1-12-9-13(22)10-17-14(12)11-18(23-17)21(27)26-8-4-7-19(26)20-24-15-5-2-3-6-16(15)25-20/h2-3,5-6,9-11,19,23H,4,7-8H2,1H3,(H,24,25). The van der Waals surface area contributed by atoms with Crippen molar-refractivity contribution in [1.29, 1.82) is 0 Å². The maximum atomic E-state index is 13.7. The first kappa shape index (κ1) is 16.1. The molecule has 3 heterocycles. The molecule has 1 atom stereocenters. The highest BCUT2D eigenvalue weighted by molar-refractivity contribution is 5.99. The maximum Gasteiger partial charge on any atom is 0.270 e. The van der Waals surface area contributed by atoms with Crippen LogP contribution < -0.4 is 0 Å². The van der Waals surface area contributed by atoms with Crippen molar-refractivity contribution in [3.05, 3.63) is 65.4 Å². The summed E-state index contributed by atoms with van der Waals surface area (Å²) >= 11 is 0. The van der Waals surface area contributed by atoms with E-state index in [1.165, 1.54) is 12.1 Å². The van der Waals surface area contributed by atoms with E-state index in [1.807, 2.05) is 42.2 Å². The van der Waals surface area contributed by atoms with Crippen molar-refractivity contribution < 1.29 is 9.18 Å². The highest BCUT2D eigenvalue weighted by atomic mass is 19.1. The Morgan fingerprint density at radius 2 is 2.04 bits per heavy atom. The third kappa shape index (κ3) is 2.60. The number of H-pyrrole nitrogens is 2. The molecular weight excluding hydrogens is 343 g/mol. The van der Waals surface area contributed by atoms with Gasteiger partial charge in [0.25, 0.3) is 5.91 Å². The number of para-hydroxylation sites is 2. The Morgan fingerprint density at radius 3 is 2.89 bits per heavy atom. The molecule has 0 spiro atoms. The molecule has 1 aliphatic rings. The molecule has 1 unspecified atom stereocenters. The number of benzene rings is 2. The number of imidazole rings is 1. The molecule has 0 saturated carbocycles. The van der Waals surface area contributed by atoms with E-state index in [0.29, 0.717) is 17.8 Å². The third-order valence-corrected chi connectivity index (χ3v) is 5.38. The molecule has 2 aromatic carbocycles. The number of aromatic amines is 2. The zero-order chi connectivity index (χ0) is 18.5. The maximum absolute atomic E-state index is 13.7. The predicted molar refractivity (Wildman–Crippen MR) is 102 cm³/mol. The van der Waals surface area contributed by atoms with Gasteiger partial charge in [-0.25, -0.2) is 9.37 Å². The summed E-state index contributed by atoms with van der Waals surface area (Å²) in [4.78, 5) is 26.1. The van der Waals surface area contributed by atoms with Crippen LogP contribution >= 0.6 is 0 Å². The number of rotatable bonds is 2. The molecule has 0 bridgehead atoms. The number of hydrogen-bond acceptors (Lipinski definition) is 2. The van der Waals surface area contributed by atoms with E-state index in [9.17, 15) is 9.18 Å².